The molecule has 492 valence electrons. The zero-order valence-corrected chi connectivity index (χ0v) is 53.3. The topological polar surface area (TPSA) is 228 Å². The molecule has 14 nitrogen and oxygen atoms in total. The smallest absolute Gasteiger partial charge is 0.220 e. The third-order valence-electron chi connectivity index (χ3n) is 15.6. The van der Waals surface area contributed by atoms with Gasteiger partial charge < -0.3 is 65.1 Å². The molecule has 2 rings (SSSR count). The van der Waals surface area contributed by atoms with E-state index in [2.05, 4.69) is 129 Å². The number of hydrogen-bond donors (Lipinski definition) is 9. The van der Waals surface area contributed by atoms with E-state index in [1.807, 2.05) is 6.08 Å². The maximum atomic E-state index is 13.3. The summed E-state index contributed by atoms with van der Waals surface area (Å²) in [4.78, 5) is 13.3. The Morgan fingerprint density at radius 3 is 1.28 bits per heavy atom. The Kier molecular flexibility index (Phi) is 50.6. The number of allylic oxidation sites excluding steroid dienone is 19. The van der Waals surface area contributed by atoms with E-state index < -0.39 is 86.8 Å². The molecule has 14 heteroatoms. The van der Waals surface area contributed by atoms with Crippen LogP contribution < -0.4 is 5.32 Å². The zero-order valence-electron chi connectivity index (χ0n) is 53.3. The quantitative estimate of drug-likeness (QED) is 0.0204. The van der Waals surface area contributed by atoms with E-state index in [0.717, 1.165) is 103 Å². The molecule has 0 aromatic rings. The molecule has 9 N–H and O–H groups in total. The van der Waals surface area contributed by atoms with Gasteiger partial charge in [0.2, 0.25) is 5.91 Å². The van der Waals surface area contributed by atoms with Crippen LogP contribution in [0, 0.1) is 0 Å². The second-order valence-electron chi connectivity index (χ2n) is 23.2. The normalized spacial score (nSPS) is 24.2. The average molecular weight is 1210 g/mol. The van der Waals surface area contributed by atoms with Crippen LogP contribution in [0.1, 0.15) is 232 Å². The van der Waals surface area contributed by atoms with Gasteiger partial charge in [-0.1, -0.05) is 245 Å². The Labute approximate surface area is 520 Å². The largest absolute Gasteiger partial charge is 0.394 e. The summed E-state index contributed by atoms with van der Waals surface area (Å²) >= 11 is 0. The summed E-state index contributed by atoms with van der Waals surface area (Å²) in [6, 6.07) is -0.959. The molecule has 0 aromatic heterocycles. The summed E-state index contributed by atoms with van der Waals surface area (Å²) in [7, 11) is 0. The number of hydrogen-bond acceptors (Lipinski definition) is 13. The van der Waals surface area contributed by atoms with Gasteiger partial charge in [0.1, 0.15) is 48.8 Å². The molecule has 1 amide bonds. The van der Waals surface area contributed by atoms with E-state index in [0.29, 0.717) is 12.8 Å². The van der Waals surface area contributed by atoms with Crippen molar-refractivity contribution in [3.8, 4) is 0 Å². The third kappa shape index (κ3) is 39.4. The SMILES string of the molecule is CC/C=C\C/C=C\C/C=C\C/C=C\C/C=C\C/C=C\C/C=C\CCCCCCCC(=O)NC(COC1OC(CO)C(OC2OC(CO)C(O)C(O)C2O)C(O)C1O)C(O)/C=C/CC/C=C/CC/C=C/CCCCCCCCCCCCCCCCC. The number of unbranched alkanes of at least 4 members (excludes halogenated alkanes) is 22. The Balaban J connectivity index is 1.76. The summed E-state index contributed by atoms with van der Waals surface area (Å²) in [6.07, 6.45) is 63.8. The van der Waals surface area contributed by atoms with Crippen LogP contribution >= 0.6 is 0 Å². The molecule has 12 atom stereocenters. The van der Waals surface area contributed by atoms with Gasteiger partial charge in [-0.05, 0) is 103 Å². The number of aliphatic hydroxyl groups excluding tert-OH is 8. The van der Waals surface area contributed by atoms with Crippen molar-refractivity contribution < 1.29 is 64.6 Å². The minimum absolute atomic E-state index is 0.239. The van der Waals surface area contributed by atoms with E-state index in [-0.39, 0.29) is 18.9 Å². The summed E-state index contributed by atoms with van der Waals surface area (Å²) in [5.74, 6) is -0.276. The predicted molar refractivity (Wildman–Crippen MR) is 350 cm³/mol. The van der Waals surface area contributed by atoms with E-state index in [4.69, 9.17) is 18.9 Å². The van der Waals surface area contributed by atoms with Crippen LogP contribution in [0.2, 0.25) is 0 Å². The van der Waals surface area contributed by atoms with Crippen LogP contribution in [0.3, 0.4) is 0 Å². The van der Waals surface area contributed by atoms with Crippen molar-refractivity contribution in [3.63, 3.8) is 0 Å². The van der Waals surface area contributed by atoms with Crippen LogP contribution in [0.15, 0.2) is 122 Å². The number of ether oxygens (including phenoxy) is 4. The molecule has 2 aliphatic heterocycles. The van der Waals surface area contributed by atoms with Crippen LogP contribution in [0.25, 0.3) is 0 Å². The molecule has 2 heterocycles. The van der Waals surface area contributed by atoms with Gasteiger partial charge in [-0.3, -0.25) is 4.79 Å². The fourth-order valence-electron chi connectivity index (χ4n) is 10.2. The summed E-state index contributed by atoms with van der Waals surface area (Å²) < 4.78 is 22.8. The number of rotatable bonds is 53. The van der Waals surface area contributed by atoms with Crippen molar-refractivity contribution in [1.29, 1.82) is 0 Å². The lowest BCUT2D eigenvalue weighted by Gasteiger charge is -2.46. The highest BCUT2D eigenvalue weighted by Gasteiger charge is 2.51. The number of carbonyl (C=O) groups is 1. The fourth-order valence-corrected chi connectivity index (χ4v) is 10.2. The molecule has 0 aromatic carbocycles. The molecule has 2 aliphatic rings. The molecule has 0 bridgehead atoms. The van der Waals surface area contributed by atoms with Gasteiger partial charge in [0.15, 0.2) is 12.6 Å². The van der Waals surface area contributed by atoms with Gasteiger partial charge in [0, 0.05) is 6.42 Å². The van der Waals surface area contributed by atoms with Gasteiger partial charge >= 0.3 is 0 Å². The molecule has 0 radical (unpaired) electrons. The van der Waals surface area contributed by atoms with Crippen LogP contribution in [0.4, 0.5) is 0 Å². The van der Waals surface area contributed by atoms with Gasteiger partial charge in [0.25, 0.3) is 0 Å². The standard InChI is InChI=1S/C72H121NO13/c1-3-5-7-9-11-13-15-17-19-21-23-25-27-29-30-32-34-36-38-40-42-44-46-48-50-52-54-56-64(77)73-60(59-83-71-69(82)67(80)70(63(58-75)85-71)86-72-68(81)66(79)65(78)62(57-74)84-72)61(76)55-53-51-49-47-45-43-41-39-37-35-33-31-28-26-24-22-20-18-16-14-12-10-8-6-4-2/h5,7,11,13,17,19,23,25,29-30,34,36-37,39-40,42,45,47,53,55,60-63,65-72,74-76,78-82H,3-4,6,8-10,12,14-16,18,20-22,24,26-28,31-33,35,38,41,43-44,46,48-52,54,56-59H2,1-2H3,(H,73,77)/b7-5-,13-11-,19-17-,25-23-,30-29-,36-34-,39-37+,42-40-,47-45+,55-53+. The van der Waals surface area contributed by atoms with Gasteiger partial charge in [-0.25, -0.2) is 0 Å². The van der Waals surface area contributed by atoms with Crippen molar-refractivity contribution in [2.75, 3.05) is 19.8 Å². The van der Waals surface area contributed by atoms with Crippen LogP contribution in [-0.4, -0.2) is 140 Å². The molecular formula is C72H121NO13. The van der Waals surface area contributed by atoms with Crippen molar-refractivity contribution in [1.82, 2.24) is 5.32 Å². The number of amides is 1. The summed E-state index contributed by atoms with van der Waals surface area (Å²) in [5, 5.41) is 87.3. The lowest BCUT2D eigenvalue weighted by molar-refractivity contribution is -0.359. The fraction of sp³-hybridized carbons (Fsp3) is 0.708. The highest BCUT2D eigenvalue weighted by molar-refractivity contribution is 5.76. The maximum absolute atomic E-state index is 13.3. The average Bonchev–Trinajstić information content (AvgIpc) is 2.53. The lowest BCUT2D eigenvalue weighted by Crippen LogP contribution is -2.65. The third-order valence-corrected chi connectivity index (χ3v) is 15.6. The first-order valence-electron chi connectivity index (χ1n) is 33.8. The van der Waals surface area contributed by atoms with Gasteiger partial charge in [0.05, 0.1) is 32.0 Å². The molecule has 0 saturated carbocycles. The molecular weight excluding hydrogens is 1090 g/mol. The second-order valence-corrected chi connectivity index (χ2v) is 23.2. The minimum Gasteiger partial charge on any atom is -0.394 e. The number of nitrogens with one attached hydrogen (secondary N) is 1. The molecule has 12 unspecified atom stereocenters. The zero-order chi connectivity index (χ0) is 62.3. The molecule has 0 aliphatic carbocycles. The van der Waals surface area contributed by atoms with Crippen molar-refractivity contribution in [2.45, 2.75) is 306 Å². The van der Waals surface area contributed by atoms with E-state index >= 15 is 0 Å². The Morgan fingerprint density at radius 1 is 0.430 bits per heavy atom. The van der Waals surface area contributed by atoms with E-state index in [1.54, 1.807) is 6.08 Å². The second kappa shape index (κ2) is 55.5. The molecule has 2 saturated heterocycles. The van der Waals surface area contributed by atoms with Gasteiger partial charge in [-0.2, -0.15) is 0 Å². The van der Waals surface area contributed by atoms with E-state index in [9.17, 15) is 45.6 Å². The first-order chi connectivity index (χ1) is 42.1. The van der Waals surface area contributed by atoms with Crippen molar-refractivity contribution in [2.24, 2.45) is 0 Å². The predicted octanol–water partition coefficient (Wildman–Crippen LogP) is 13.3. The van der Waals surface area contributed by atoms with Gasteiger partial charge in [-0.15, -0.1) is 0 Å². The Hall–Kier alpha value is -3.61. The first kappa shape index (κ1) is 78.5. The number of aliphatic hydroxyl groups is 8. The minimum atomic E-state index is -1.80. The maximum Gasteiger partial charge on any atom is 0.220 e. The monoisotopic (exact) mass is 1210 g/mol. The summed E-state index contributed by atoms with van der Waals surface area (Å²) in [5.41, 5.74) is 0. The summed E-state index contributed by atoms with van der Waals surface area (Å²) in [6.45, 7) is 2.65. The molecule has 0 spiro atoms. The lowest BCUT2D eigenvalue weighted by atomic mass is 9.97. The first-order valence-corrected chi connectivity index (χ1v) is 33.8. The highest BCUT2D eigenvalue weighted by atomic mass is 16.7. The number of carbonyl (C=O) groups excluding carboxylic acids is 1. The molecule has 2 fully saturated rings. The van der Waals surface area contributed by atoms with Crippen molar-refractivity contribution in [3.05, 3.63) is 122 Å². The van der Waals surface area contributed by atoms with Crippen LogP contribution in [0.5, 0.6) is 0 Å². The Bertz CT molecular complexity index is 1910. The van der Waals surface area contributed by atoms with Crippen LogP contribution in [-0.2, 0) is 23.7 Å². The highest BCUT2D eigenvalue weighted by Crippen LogP contribution is 2.30. The molecule has 86 heavy (non-hydrogen) atoms. The van der Waals surface area contributed by atoms with Crippen molar-refractivity contribution >= 4 is 5.91 Å². The Morgan fingerprint density at radius 2 is 0.814 bits per heavy atom. The van der Waals surface area contributed by atoms with E-state index in [1.165, 1.54) is 96.3 Å².